The van der Waals surface area contributed by atoms with Crippen molar-refractivity contribution in [1.29, 1.82) is 0 Å². The average Bonchev–Trinajstić information content (AvgIpc) is 2.40. The molecule has 1 atom stereocenters. The highest BCUT2D eigenvalue weighted by Gasteiger charge is 2.32. The quantitative estimate of drug-likeness (QED) is 0.766. The number of hydroxylamine groups is 2. The Morgan fingerprint density at radius 2 is 1.95 bits per heavy atom. The van der Waals surface area contributed by atoms with Gasteiger partial charge in [0.1, 0.15) is 0 Å². The van der Waals surface area contributed by atoms with E-state index >= 15 is 0 Å². The third-order valence-corrected chi connectivity index (χ3v) is 3.51. The van der Waals surface area contributed by atoms with E-state index in [4.69, 9.17) is 4.84 Å². The van der Waals surface area contributed by atoms with Gasteiger partial charge in [-0.2, -0.15) is 0 Å². The molecule has 3 heteroatoms. The molecule has 1 aliphatic rings. The number of hydrogen-bond donors (Lipinski definition) is 0. The molecular formula is C17H23NO2. The van der Waals surface area contributed by atoms with Gasteiger partial charge in [-0.15, -0.1) is 5.06 Å². The number of piperidine rings is 1. The molecule has 2 rings (SSSR count). The van der Waals surface area contributed by atoms with Crippen LogP contribution in [0.4, 0.5) is 0 Å². The lowest BCUT2D eigenvalue weighted by Gasteiger charge is -2.36. The van der Waals surface area contributed by atoms with Crippen LogP contribution in [0, 0.1) is 5.41 Å². The van der Waals surface area contributed by atoms with Crippen LogP contribution in [-0.2, 0) is 9.63 Å². The normalized spacial score (nSPS) is 20.8. The van der Waals surface area contributed by atoms with Gasteiger partial charge in [-0.25, -0.2) is 4.79 Å². The summed E-state index contributed by atoms with van der Waals surface area (Å²) < 4.78 is 0. The van der Waals surface area contributed by atoms with Crippen LogP contribution >= 0.6 is 0 Å². The van der Waals surface area contributed by atoms with Gasteiger partial charge >= 0.3 is 5.97 Å². The second-order valence-corrected chi connectivity index (χ2v) is 6.40. The monoisotopic (exact) mass is 273 g/mol. The second kappa shape index (κ2) is 5.80. The molecule has 0 spiro atoms. The maximum absolute atomic E-state index is 12.1. The first-order valence-corrected chi connectivity index (χ1v) is 7.08. The summed E-state index contributed by atoms with van der Waals surface area (Å²) in [7, 11) is 0. The highest BCUT2D eigenvalue weighted by atomic mass is 16.7. The summed E-state index contributed by atoms with van der Waals surface area (Å²) in [5, 5.41) is 1.82. The van der Waals surface area contributed by atoms with Crippen LogP contribution in [0.1, 0.15) is 45.2 Å². The summed E-state index contributed by atoms with van der Waals surface area (Å²) in [5.74, 6) is -0.189. The molecule has 0 bridgehead atoms. The standard InChI is InChI=1S/C17H23NO2/c1-13-10-11-18(20-16(19)17(2,3)4)15(12-13)14-8-6-5-7-9-14/h5-9,15H,1,10-12H2,2-4H3. The number of carbonyl (C=O) groups is 1. The molecule has 0 amide bonds. The molecule has 3 nitrogen and oxygen atoms in total. The van der Waals surface area contributed by atoms with Crippen molar-refractivity contribution in [3.8, 4) is 0 Å². The predicted molar refractivity (Wildman–Crippen MR) is 79.8 cm³/mol. The average molecular weight is 273 g/mol. The summed E-state index contributed by atoms with van der Waals surface area (Å²) in [6, 6.07) is 10.2. The summed E-state index contributed by atoms with van der Waals surface area (Å²) >= 11 is 0. The van der Waals surface area contributed by atoms with E-state index < -0.39 is 5.41 Å². The van der Waals surface area contributed by atoms with Crippen LogP contribution in [-0.4, -0.2) is 17.6 Å². The highest BCUT2D eigenvalue weighted by molar-refractivity contribution is 5.75. The third kappa shape index (κ3) is 3.48. The van der Waals surface area contributed by atoms with E-state index in [-0.39, 0.29) is 12.0 Å². The first-order chi connectivity index (χ1) is 9.38. The van der Waals surface area contributed by atoms with E-state index in [9.17, 15) is 4.79 Å². The van der Waals surface area contributed by atoms with Crippen LogP contribution < -0.4 is 0 Å². The van der Waals surface area contributed by atoms with Crippen LogP contribution in [0.5, 0.6) is 0 Å². The molecule has 20 heavy (non-hydrogen) atoms. The van der Waals surface area contributed by atoms with E-state index in [1.54, 1.807) is 0 Å². The molecule has 1 saturated heterocycles. The van der Waals surface area contributed by atoms with Gasteiger partial charge in [0.15, 0.2) is 0 Å². The van der Waals surface area contributed by atoms with Crippen molar-refractivity contribution in [3.05, 3.63) is 48.0 Å². The Balaban J connectivity index is 2.17. The Labute approximate surface area is 121 Å². The maximum Gasteiger partial charge on any atom is 0.330 e. The number of rotatable bonds is 2. The molecule has 1 heterocycles. The van der Waals surface area contributed by atoms with Gasteiger partial charge in [-0.1, -0.05) is 42.5 Å². The Bertz CT molecular complexity index is 487. The minimum Gasteiger partial charge on any atom is -0.367 e. The first-order valence-electron chi connectivity index (χ1n) is 7.08. The van der Waals surface area contributed by atoms with Gasteiger partial charge in [0, 0.05) is 6.54 Å². The number of hydrogen-bond acceptors (Lipinski definition) is 3. The van der Waals surface area contributed by atoms with Crippen LogP contribution in [0.25, 0.3) is 0 Å². The molecule has 1 aromatic rings. The molecule has 1 aromatic carbocycles. The summed E-state index contributed by atoms with van der Waals surface area (Å²) in [6.45, 7) is 10.4. The third-order valence-electron chi connectivity index (χ3n) is 3.51. The summed E-state index contributed by atoms with van der Waals surface area (Å²) in [6.07, 6.45) is 1.71. The van der Waals surface area contributed by atoms with Crippen molar-refractivity contribution in [3.63, 3.8) is 0 Å². The number of carbonyl (C=O) groups excluding carboxylic acids is 1. The fourth-order valence-corrected chi connectivity index (χ4v) is 2.21. The lowest BCUT2D eigenvalue weighted by Crippen LogP contribution is -2.39. The van der Waals surface area contributed by atoms with Crippen molar-refractivity contribution in [2.45, 2.75) is 39.7 Å². The molecular weight excluding hydrogens is 250 g/mol. The van der Waals surface area contributed by atoms with E-state index in [0.717, 1.165) is 18.4 Å². The zero-order valence-electron chi connectivity index (χ0n) is 12.6. The zero-order valence-corrected chi connectivity index (χ0v) is 12.6. The largest absolute Gasteiger partial charge is 0.367 e. The topological polar surface area (TPSA) is 29.5 Å². The van der Waals surface area contributed by atoms with Crippen molar-refractivity contribution in [1.82, 2.24) is 5.06 Å². The SMILES string of the molecule is C=C1CCN(OC(=O)C(C)(C)C)C(c2ccccc2)C1. The van der Waals surface area contributed by atoms with E-state index in [1.165, 1.54) is 5.57 Å². The van der Waals surface area contributed by atoms with Gasteiger partial charge in [-0.05, 0) is 39.2 Å². The minimum absolute atomic E-state index is 0.0729. The Morgan fingerprint density at radius 3 is 2.55 bits per heavy atom. The minimum atomic E-state index is -0.490. The molecule has 0 aliphatic carbocycles. The smallest absolute Gasteiger partial charge is 0.330 e. The van der Waals surface area contributed by atoms with E-state index in [2.05, 4.69) is 18.7 Å². The van der Waals surface area contributed by atoms with Crippen molar-refractivity contribution in [2.75, 3.05) is 6.54 Å². The Hall–Kier alpha value is -1.61. The summed E-state index contributed by atoms with van der Waals surface area (Å²) in [4.78, 5) is 17.7. The fraction of sp³-hybridized carbons (Fsp3) is 0.471. The molecule has 0 saturated carbocycles. The zero-order chi connectivity index (χ0) is 14.8. The molecule has 0 aromatic heterocycles. The van der Waals surface area contributed by atoms with Crippen LogP contribution in [0.3, 0.4) is 0 Å². The Morgan fingerprint density at radius 1 is 1.30 bits per heavy atom. The molecule has 0 radical (unpaired) electrons. The predicted octanol–water partition coefficient (Wildman–Crippen LogP) is 3.88. The molecule has 1 unspecified atom stereocenters. The molecule has 1 fully saturated rings. The fourth-order valence-electron chi connectivity index (χ4n) is 2.21. The van der Waals surface area contributed by atoms with Gasteiger partial charge in [0.25, 0.3) is 0 Å². The van der Waals surface area contributed by atoms with E-state index in [1.807, 2.05) is 44.0 Å². The van der Waals surface area contributed by atoms with Crippen LogP contribution in [0.15, 0.2) is 42.5 Å². The highest BCUT2D eigenvalue weighted by Crippen LogP contribution is 2.34. The summed E-state index contributed by atoms with van der Waals surface area (Å²) in [5.41, 5.74) is 1.88. The number of benzene rings is 1. The second-order valence-electron chi connectivity index (χ2n) is 6.40. The lowest BCUT2D eigenvalue weighted by molar-refractivity contribution is -0.215. The van der Waals surface area contributed by atoms with Gasteiger partial charge in [0.2, 0.25) is 0 Å². The molecule has 0 N–H and O–H groups in total. The molecule has 108 valence electrons. The van der Waals surface area contributed by atoms with Gasteiger partial charge in [0.05, 0.1) is 11.5 Å². The van der Waals surface area contributed by atoms with Crippen molar-refractivity contribution < 1.29 is 9.63 Å². The first kappa shape index (κ1) is 14.8. The number of nitrogens with zero attached hydrogens (tertiary/aromatic N) is 1. The van der Waals surface area contributed by atoms with Gasteiger partial charge < -0.3 is 4.84 Å². The van der Waals surface area contributed by atoms with Crippen molar-refractivity contribution >= 4 is 5.97 Å². The lowest BCUT2D eigenvalue weighted by atomic mass is 9.94. The van der Waals surface area contributed by atoms with Crippen molar-refractivity contribution in [2.24, 2.45) is 5.41 Å². The molecule has 1 aliphatic heterocycles. The van der Waals surface area contributed by atoms with Gasteiger partial charge in [-0.3, -0.25) is 0 Å². The van der Waals surface area contributed by atoms with Crippen LogP contribution in [0.2, 0.25) is 0 Å². The Kier molecular flexibility index (Phi) is 4.29. The van der Waals surface area contributed by atoms with E-state index in [0.29, 0.717) is 6.54 Å². The maximum atomic E-state index is 12.1.